The minimum Gasteiger partial charge on any atom is -0.334 e. The molecule has 1 aliphatic heterocycles. The van der Waals surface area contributed by atoms with E-state index in [1.807, 2.05) is 41.8 Å². The maximum atomic E-state index is 12.0. The van der Waals surface area contributed by atoms with E-state index in [4.69, 9.17) is 0 Å². The summed E-state index contributed by atoms with van der Waals surface area (Å²) in [6.07, 6.45) is 1.72. The third-order valence-corrected chi connectivity index (χ3v) is 5.71. The first-order chi connectivity index (χ1) is 13.7. The molecular weight excluding hydrogens is 396 g/mol. The SMILES string of the molecule is O=c1nc(NC2C=C(c3cccs3)NN2)nc(Nc2ccc3ncsc3c2)[nH]1. The van der Waals surface area contributed by atoms with Crippen LogP contribution in [0.3, 0.4) is 0 Å². The summed E-state index contributed by atoms with van der Waals surface area (Å²) in [5.74, 6) is 0.521. The number of hydrazine groups is 1. The van der Waals surface area contributed by atoms with Gasteiger partial charge >= 0.3 is 5.69 Å². The molecule has 1 atom stereocenters. The van der Waals surface area contributed by atoms with Crippen LogP contribution < -0.4 is 27.2 Å². The summed E-state index contributed by atoms with van der Waals surface area (Å²) < 4.78 is 1.05. The molecule has 0 saturated heterocycles. The monoisotopic (exact) mass is 410 g/mol. The van der Waals surface area contributed by atoms with Gasteiger partial charge in [0.15, 0.2) is 0 Å². The first kappa shape index (κ1) is 16.9. The molecule has 11 heteroatoms. The van der Waals surface area contributed by atoms with E-state index in [1.165, 1.54) is 0 Å². The van der Waals surface area contributed by atoms with Crippen LogP contribution in [-0.4, -0.2) is 26.1 Å². The maximum Gasteiger partial charge on any atom is 0.351 e. The molecule has 1 aromatic carbocycles. The minimum absolute atomic E-state index is 0.216. The number of fused-ring (bicyclic) bond motifs is 1. The third kappa shape index (κ3) is 3.45. The standard InChI is InChI=1S/C17H14N8OS2/c26-17-22-15(19-9-3-4-10-13(6-9)28-8-18-10)21-16(23-17)20-14-7-11(24-25-14)12-2-1-5-27-12/h1-8,14,24-25H,(H3,19,20,21,22,23,26). The molecule has 4 aromatic rings. The van der Waals surface area contributed by atoms with Crippen molar-refractivity contribution in [3.8, 4) is 0 Å². The van der Waals surface area contributed by atoms with Crippen molar-refractivity contribution < 1.29 is 0 Å². The highest BCUT2D eigenvalue weighted by Gasteiger charge is 2.17. The molecule has 3 aromatic heterocycles. The number of H-pyrrole nitrogens is 1. The smallest absolute Gasteiger partial charge is 0.334 e. The van der Waals surface area contributed by atoms with Gasteiger partial charge in [-0.25, -0.2) is 15.2 Å². The van der Waals surface area contributed by atoms with Gasteiger partial charge in [0, 0.05) is 5.69 Å². The number of hydrogen-bond donors (Lipinski definition) is 5. The Kier molecular flexibility index (Phi) is 4.24. The topological polar surface area (TPSA) is 120 Å². The van der Waals surface area contributed by atoms with Gasteiger partial charge in [-0.05, 0) is 35.7 Å². The largest absolute Gasteiger partial charge is 0.351 e. The first-order valence-electron chi connectivity index (χ1n) is 8.35. The lowest BCUT2D eigenvalue weighted by molar-refractivity contribution is 0.632. The molecule has 4 heterocycles. The molecule has 0 saturated carbocycles. The van der Waals surface area contributed by atoms with Crippen molar-refractivity contribution in [3.05, 3.63) is 62.7 Å². The molecule has 0 fully saturated rings. The summed E-state index contributed by atoms with van der Waals surface area (Å²) in [7, 11) is 0. The van der Waals surface area contributed by atoms with Crippen LogP contribution in [0.1, 0.15) is 4.88 Å². The molecule has 0 amide bonds. The van der Waals surface area contributed by atoms with Gasteiger partial charge in [-0.1, -0.05) is 6.07 Å². The van der Waals surface area contributed by atoms with E-state index in [0.29, 0.717) is 5.95 Å². The van der Waals surface area contributed by atoms with Crippen molar-refractivity contribution in [2.24, 2.45) is 0 Å². The summed E-state index contributed by atoms with van der Waals surface area (Å²) in [6, 6.07) is 9.77. The van der Waals surface area contributed by atoms with E-state index in [-0.39, 0.29) is 12.1 Å². The second-order valence-corrected chi connectivity index (χ2v) is 7.77. The molecule has 28 heavy (non-hydrogen) atoms. The molecule has 0 radical (unpaired) electrons. The van der Waals surface area contributed by atoms with E-state index in [9.17, 15) is 4.79 Å². The molecule has 1 unspecified atom stereocenters. The molecule has 0 aliphatic carbocycles. The summed E-state index contributed by atoms with van der Waals surface area (Å²) in [5, 5.41) is 8.21. The number of thiophene rings is 1. The number of hydrogen-bond acceptors (Lipinski definition) is 10. The van der Waals surface area contributed by atoms with Crippen molar-refractivity contribution in [2.45, 2.75) is 6.17 Å². The number of nitrogens with zero attached hydrogens (tertiary/aromatic N) is 3. The summed E-state index contributed by atoms with van der Waals surface area (Å²) in [4.78, 5) is 28.2. The van der Waals surface area contributed by atoms with Crippen molar-refractivity contribution in [2.75, 3.05) is 10.6 Å². The average molecular weight is 410 g/mol. The Morgan fingerprint density at radius 3 is 3.00 bits per heavy atom. The quantitative estimate of drug-likeness (QED) is 0.340. The van der Waals surface area contributed by atoms with Crippen LogP contribution in [0.5, 0.6) is 0 Å². The van der Waals surface area contributed by atoms with Gasteiger partial charge in [-0.15, -0.1) is 22.7 Å². The second kappa shape index (κ2) is 7.03. The van der Waals surface area contributed by atoms with Crippen LogP contribution in [0.4, 0.5) is 17.6 Å². The normalized spacial score (nSPS) is 16.0. The maximum absolute atomic E-state index is 12.0. The molecule has 9 nitrogen and oxygen atoms in total. The lowest BCUT2D eigenvalue weighted by atomic mass is 10.3. The number of aromatic nitrogens is 4. The fraction of sp³-hybridized carbons (Fsp3) is 0.0588. The number of benzene rings is 1. The Balaban J connectivity index is 1.35. The van der Waals surface area contributed by atoms with E-state index < -0.39 is 5.69 Å². The summed E-state index contributed by atoms with van der Waals surface area (Å²) in [5.41, 5.74) is 10.2. The van der Waals surface area contributed by atoms with Gasteiger partial charge in [0.25, 0.3) is 0 Å². The van der Waals surface area contributed by atoms with Crippen LogP contribution >= 0.6 is 22.7 Å². The Hall–Kier alpha value is -3.28. The number of aromatic amines is 1. The lowest BCUT2D eigenvalue weighted by Crippen LogP contribution is -2.37. The molecule has 5 rings (SSSR count). The van der Waals surface area contributed by atoms with Gasteiger partial charge in [0.2, 0.25) is 11.9 Å². The molecular formula is C17H14N8OS2. The van der Waals surface area contributed by atoms with Crippen LogP contribution in [0.25, 0.3) is 15.9 Å². The van der Waals surface area contributed by atoms with E-state index in [0.717, 1.165) is 26.5 Å². The molecule has 0 spiro atoms. The van der Waals surface area contributed by atoms with Gasteiger partial charge in [-0.3, -0.25) is 4.98 Å². The Morgan fingerprint density at radius 1 is 1.14 bits per heavy atom. The van der Waals surface area contributed by atoms with Crippen LogP contribution in [-0.2, 0) is 0 Å². The van der Waals surface area contributed by atoms with E-state index in [2.05, 4.69) is 41.4 Å². The van der Waals surface area contributed by atoms with Gasteiger partial charge in [-0.2, -0.15) is 9.97 Å². The fourth-order valence-corrected chi connectivity index (χ4v) is 4.20. The lowest BCUT2D eigenvalue weighted by Gasteiger charge is -2.12. The van der Waals surface area contributed by atoms with Gasteiger partial charge in [0.05, 0.1) is 26.3 Å². The first-order valence-corrected chi connectivity index (χ1v) is 10.1. The Labute approximate surface area is 166 Å². The van der Waals surface area contributed by atoms with Crippen molar-refractivity contribution in [3.63, 3.8) is 0 Å². The zero-order chi connectivity index (χ0) is 18.9. The van der Waals surface area contributed by atoms with Crippen molar-refractivity contribution >= 4 is 56.2 Å². The number of nitrogens with one attached hydrogen (secondary N) is 5. The van der Waals surface area contributed by atoms with Crippen LogP contribution in [0.15, 0.2) is 52.1 Å². The van der Waals surface area contributed by atoms with Gasteiger partial charge < -0.3 is 16.1 Å². The molecule has 5 N–H and O–H groups in total. The second-order valence-electron chi connectivity index (χ2n) is 5.93. The molecule has 0 bridgehead atoms. The average Bonchev–Trinajstić information content (AvgIpc) is 3.42. The predicted octanol–water partition coefficient (Wildman–Crippen LogP) is 2.47. The Morgan fingerprint density at radius 2 is 2.11 bits per heavy atom. The number of thiazole rings is 1. The van der Waals surface area contributed by atoms with Gasteiger partial charge in [0.1, 0.15) is 6.17 Å². The third-order valence-electron chi connectivity index (χ3n) is 4.01. The van der Waals surface area contributed by atoms with Crippen LogP contribution in [0.2, 0.25) is 0 Å². The van der Waals surface area contributed by atoms with E-state index >= 15 is 0 Å². The number of anilines is 3. The van der Waals surface area contributed by atoms with Crippen LogP contribution in [0, 0.1) is 0 Å². The Bertz CT molecular complexity index is 1210. The zero-order valence-corrected chi connectivity index (χ0v) is 15.9. The van der Waals surface area contributed by atoms with Crippen molar-refractivity contribution in [1.82, 2.24) is 30.8 Å². The molecule has 1 aliphatic rings. The fourth-order valence-electron chi connectivity index (χ4n) is 2.78. The zero-order valence-electron chi connectivity index (χ0n) is 14.3. The highest BCUT2D eigenvalue weighted by molar-refractivity contribution is 7.16. The summed E-state index contributed by atoms with van der Waals surface area (Å²) >= 11 is 3.19. The van der Waals surface area contributed by atoms with Crippen molar-refractivity contribution in [1.29, 1.82) is 0 Å². The highest BCUT2D eigenvalue weighted by Crippen LogP contribution is 2.23. The predicted molar refractivity (Wildman–Crippen MR) is 112 cm³/mol. The minimum atomic E-state index is -0.493. The summed E-state index contributed by atoms with van der Waals surface area (Å²) in [6.45, 7) is 0. The molecule has 140 valence electrons. The number of rotatable bonds is 5. The van der Waals surface area contributed by atoms with E-state index in [1.54, 1.807) is 28.2 Å². The highest BCUT2D eigenvalue weighted by atomic mass is 32.1.